The molecule has 0 spiro atoms. The number of nitrogens with zero attached hydrogens (tertiary/aromatic N) is 3. The van der Waals surface area contributed by atoms with Crippen LogP contribution in [0.25, 0.3) is 10.9 Å². The molecule has 0 aliphatic heterocycles. The fourth-order valence-corrected chi connectivity index (χ4v) is 3.49. The molecule has 0 bridgehead atoms. The van der Waals surface area contributed by atoms with Crippen LogP contribution in [0.15, 0.2) is 42.7 Å². The van der Waals surface area contributed by atoms with Gasteiger partial charge >= 0.3 is 0 Å². The van der Waals surface area contributed by atoms with Crippen molar-refractivity contribution in [2.24, 2.45) is 0 Å². The van der Waals surface area contributed by atoms with Gasteiger partial charge in [0.1, 0.15) is 11.5 Å². The topological polar surface area (TPSA) is 39.9 Å². The third-order valence-corrected chi connectivity index (χ3v) is 4.66. The van der Waals surface area contributed by atoms with Crippen LogP contribution in [0.3, 0.4) is 0 Å². The zero-order chi connectivity index (χ0) is 13.2. The molecule has 0 saturated carbocycles. The van der Waals surface area contributed by atoms with Crippen molar-refractivity contribution in [3.05, 3.63) is 48.4 Å². The van der Waals surface area contributed by atoms with E-state index in [-0.39, 0.29) is 0 Å². The first-order valence-electron chi connectivity index (χ1n) is 5.72. The SMILES string of the molecule is Cc1nn(PI)c2cc(Oc3cccnc3)ccc12. The molecule has 1 atom stereocenters. The summed E-state index contributed by atoms with van der Waals surface area (Å²) in [5, 5.41) is 5.68. The van der Waals surface area contributed by atoms with Crippen molar-refractivity contribution in [2.75, 3.05) is 0 Å². The van der Waals surface area contributed by atoms with Gasteiger partial charge in [0, 0.05) is 17.6 Å². The van der Waals surface area contributed by atoms with Crippen LogP contribution in [-0.4, -0.2) is 14.5 Å². The number of aryl methyl sites for hydroxylation is 1. The Morgan fingerprint density at radius 1 is 1.26 bits per heavy atom. The van der Waals surface area contributed by atoms with Crippen LogP contribution in [0.4, 0.5) is 0 Å². The monoisotopic (exact) mass is 383 g/mol. The van der Waals surface area contributed by atoms with Crippen molar-refractivity contribution >= 4 is 39.3 Å². The average molecular weight is 383 g/mol. The summed E-state index contributed by atoms with van der Waals surface area (Å²) >= 11 is 2.33. The number of hydrogen-bond acceptors (Lipinski definition) is 3. The molecule has 0 amide bonds. The standard InChI is InChI=1S/C13H11IN3OP/c1-9-12-5-4-10(7-13(12)17(16-9)19-14)18-11-3-2-6-15-8-11/h2-8,19H,1H3. The van der Waals surface area contributed by atoms with Crippen LogP contribution in [0.2, 0.25) is 0 Å². The van der Waals surface area contributed by atoms with Crippen molar-refractivity contribution < 1.29 is 4.74 Å². The van der Waals surface area contributed by atoms with Crippen LogP contribution in [-0.2, 0) is 0 Å². The number of halogens is 1. The largest absolute Gasteiger partial charge is 0.456 e. The van der Waals surface area contributed by atoms with Crippen molar-refractivity contribution in [3.63, 3.8) is 0 Å². The average Bonchev–Trinajstić information content (AvgIpc) is 2.76. The van der Waals surface area contributed by atoms with E-state index in [1.807, 2.05) is 35.6 Å². The number of aromatic nitrogens is 3. The van der Waals surface area contributed by atoms with Crippen LogP contribution >= 0.6 is 28.4 Å². The second-order valence-electron chi connectivity index (χ2n) is 4.05. The zero-order valence-electron chi connectivity index (χ0n) is 10.2. The summed E-state index contributed by atoms with van der Waals surface area (Å²) in [7, 11) is 0. The molecule has 3 aromatic rings. The normalized spacial score (nSPS) is 11.5. The minimum absolute atomic E-state index is 0.577. The van der Waals surface area contributed by atoms with Gasteiger partial charge in [0.25, 0.3) is 0 Å². The molecule has 0 fully saturated rings. The predicted molar refractivity (Wildman–Crippen MR) is 86.5 cm³/mol. The van der Waals surface area contributed by atoms with E-state index < -0.39 is 0 Å². The lowest BCUT2D eigenvalue weighted by molar-refractivity contribution is 0.481. The number of rotatable bonds is 3. The molecule has 0 aliphatic carbocycles. The number of ether oxygens (including phenoxy) is 1. The fraction of sp³-hybridized carbons (Fsp3) is 0.0769. The maximum Gasteiger partial charge on any atom is 0.145 e. The Bertz CT molecular complexity index is 714. The van der Waals surface area contributed by atoms with Crippen LogP contribution < -0.4 is 4.74 Å². The van der Waals surface area contributed by atoms with E-state index in [2.05, 4.69) is 38.2 Å². The highest BCUT2D eigenvalue weighted by atomic mass is 127. The van der Waals surface area contributed by atoms with Crippen molar-refractivity contribution in [1.82, 2.24) is 14.5 Å². The Kier molecular flexibility index (Phi) is 3.66. The molecule has 0 saturated heterocycles. The molecule has 19 heavy (non-hydrogen) atoms. The summed E-state index contributed by atoms with van der Waals surface area (Å²) in [5.74, 6) is 1.54. The molecule has 0 aliphatic rings. The maximum atomic E-state index is 5.79. The first kappa shape index (κ1) is 12.8. The van der Waals surface area contributed by atoms with E-state index in [0.29, 0.717) is 6.37 Å². The van der Waals surface area contributed by atoms with Gasteiger partial charge in [-0.15, -0.1) is 0 Å². The van der Waals surface area contributed by atoms with Crippen LogP contribution in [0.5, 0.6) is 11.5 Å². The van der Waals surface area contributed by atoms with Gasteiger partial charge in [-0.05, 0) is 53.2 Å². The molecular weight excluding hydrogens is 372 g/mol. The molecular formula is C13H11IN3OP. The Labute approximate surface area is 125 Å². The summed E-state index contributed by atoms with van der Waals surface area (Å²) in [6.45, 7) is 2.03. The molecule has 0 radical (unpaired) electrons. The zero-order valence-corrected chi connectivity index (χ0v) is 13.3. The number of pyridine rings is 1. The lowest BCUT2D eigenvalue weighted by Gasteiger charge is -2.05. The second-order valence-corrected chi connectivity index (χ2v) is 6.09. The lowest BCUT2D eigenvalue weighted by Crippen LogP contribution is -1.86. The highest BCUT2D eigenvalue weighted by Crippen LogP contribution is 2.33. The highest BCUT2D eigenvalue weighted by molar-refractivity contribution is 14.2. The smallest absolute Gasteiger partial charge is 0.145 e. The van der Waals surface area contributed by atoms with E-state index in [1.165, 1.54) is 5.39 Å². The van der Waals surface area contributed by atoms with Gasteiger partial charge in [0.15, 0.2) is 0 Å². The van der Waals surface area contributed by atoms with Gasteiger partial charge in [0.05, 0.1) is 23.8 Å². The third-order valence-electron chi connectivity index (χ3n) is 2.79. The van der Waals surface area contributed by atoms with E-state index >= 15 is 0 Å². The Morgan fingerprint density at radius 3 is 2.89 bits per heavy atom. The summed E-state index contributed by atoms with van der Waals surface area (Å²) < 4.78 is 7.79. The summed E-state index contributed by atoms with van der Waals surface area (Å²) in [4.78, 5) is 4.04. The summed E-state index contributed by atoms with van der Waals surface area (Å²) in [5.41, 5.74) is 2.15. The first-order valence-corrected chi connectivity index (χ1v) is 9.78. The molecule has 1 unspecified atom stereocenters. The van der Waals surface area contributed by atoms with Crippen molar-refractivity contribution in [2.45, 2.75) is 6.92 Å². The van der Waals surface area contributed by atoms with Gasteiger partial charge in [-0.2, -0.15) is 5.10 Å². The van der Waals surface area contributed by atoms with E-state index in [9.17, 15) is 0 Å². The molecule has 2 heterocycles. The van der Waals surface area contributed by atoms with E-state index in [0.717, 1.165) is 22.7 Å². The molecule has 6 heteroatoms. The second kappa shape index (κ2) is 5.43. The summed E-state index contributed by atoms with van der Waals surface area (Å²) in [6, 6.07) is 9.78. The Balaban J connectivity index is 2.01. The lowest BCUT2D eigenvalue weighted by atomic mass is 10.2. The summed E-state index contributed by atoms with van der Waals surface area (Å²) in [6.07, 6.45) is 4.01. The Morgan fingerprint density at radius 2 is 2.16 bits per heavy atom. The van der Waals surface area contributed by atoms with E-state index in [4.69, 9.17) is 4.74 Å². The predicted octanol–water partition coefficient (Wildman–Crippen LogP) is 4.32. The van der Waals surface area contributed by atoms with Crippen LogP contribution in [0.1, 0.15) is 5.69 Å². The quantitative estimate of drug-likeness (QED) is 0.500. The Hall–Kier alpha value is -1.20. The van der Waals surface area contributed by atoms with Crippen molar-refractivity contribution in [3.8, 4) is 11.5 Å². The van der Waals surface area contributed by atoms with Gasteiger partial charge < -0.3 is 4.74 Å². The number of fused-ring (bicyclic) bond motifs is 1. The molecule has 1 aromatic carbocycles. The number of hydrogen-bond donors (Lipinski definition) is 0. The van der Waals surface area contributed by atoms with Gasteiger partial charge in [-0.3, -0.25) is 4.98 Å². The molecule has 2 aromatic heterocycles. The minimum atomic E-state index is 0.577. The van der Waals surface area contributed by atoms with Gasteiger partial charge in [-0.25, -0.2) is 4.45 Å². The molecule has 0 N–H and O–H groups in total. The maximum absolute atomic E-state index is 5.79. The third kappa shape index (κ3) is 2.58. The minimum Gasteiger partial charge on any atom is -0.456 e. The number of benzene rings is 1. The molecule has 3 rings (SSSR count). The molecule has 4 nitrogen and oxygen atoms in total. The van der Waals surface area contributed by atoms with Gasteiger partial charge in [0.2, 0.25) is 0 Å². The van der Waals surface area contributed by atoms with Crippen molar-refractivity contribution in [1.29, 1.82) is 0 Å². The van der Waals surface area contributed by atoms with Crippen LogP contribution in [0, 0.1) is 6.92 Å². The van der Waals surface area contributed by atoms with Gasteiger partial charge in [-0.1, -0.05) is 0 Å². The molecule has 96 valence electrons. The van der Waals surface area contributed by atoms with E-state index in [1.54, 1.807) is 12.4 Å². The first-order chi connectivity index (χ1) is 9.28. The highest BCUT2D eigenvalue weighted by Gasteiger charge is 2.08. The fourth-order valence-electron chi connectivity index (χ4n) is 1.92.